The van der Waals surface area contributed by atoms with Crippen LogP contribution in [0.25, 0.3) is 0 Å². The van der Waals surface area contributed by atoms with Crippen LogP contribution in [0.3, 0.4) is 0 Å². The van der Waals surface area contributed by atoms with Gasteiger partial charge in [-0.05, 0) is 105 Å². The molecular weight excluding hydrogens is 560 g/mol. The number of nitrogens with zero attached hydrogens (tertiary/aromatic N) is 2. The first-order valence-corrected chi connectivity index (χ1v) is 15.1. The van der Waals surface area contributed by atoms with E-state index in [-0.39, 0.29) is 42.6 Å². The number of phenols is 1. The molecule has 0 spiro atoms. The van der Waals surface area contributed by atoms with E-state index in [0.29, 0.717) is 47.6 Å². The first-order chi connectivity index (χ1) is 21.3. The largest absolute Gasteiger partial charge is 0.508 e. The smallest absolute Gasteiger partial charge is 0.223 e. The number of carbonyl (C=O) groups is 3. The van der Waals surface area contributed by atoms with Crippen LogP contribution in [0.15, 0.2) is 72.8 Å². The Labute approximate surface area is 259 Å². The molecular formula is C35H42N2O7. The van der Waals surface area contributed by atoms with Crippen LogP contribution in [-0.2, 0) is 4.79 Å². The lowest BCUT2D eigenvalue weighted by molar-refractivity contribution is -0.136. The molecule has 1 heterocycles. The van der Waals surface area contributed by atoms with Crippen molar-refractivity contribution >= 4 is 17.5 Å². The highest BCUT2D eigenvalue weighted by molar-refractivity contribution is 5.99. The summed E-state index contributed by atoms with van der Waals surface area (Å²) in [5.74, 6) is 0.846. The molecule has 1 aliphatic heterocycles. The molecule has 3 aromatic carbocycles. The highest BCUT2D eigenvalue weighted by atomic mass is 16.5. The lowest BCUT2D eigenvalue weighted by Crippen LogP contribution is -2.51. The Kier molecular flexibility index (Phi) is 11.9. The predicted octanol–water partition coefficient (Wildman–Crippen LogP) is 5.06. The lowest BCUT2D eigenvalue weighted by atomic mass is 9.98. The molecule has 1 amide bonds. The zero-order chi connectivity index (χ0) is 31.5. The van der Waals surface area contributed by atoms with Crippen LogP contribution in [0.2, 0.25) is 0 Å². The van der Waals surface area contributed by atoms with E-state index in [1.807, 2.05) is 0 Å². The minimum atomic E-state index is -1.08. The van der Waals surface area contributed by atoms with Crippen LogP contribution in [0.4, 0.5) is 0 Å². The van der Waals surface area contributed by atoms with Crippen molar-refractivity contribution in [3.8, 4) is 17.2 Å². The Hall–Kier alpha value is -4.21. The fourth-order valence-electron chi connectivity index (χ4n) is 5.53. The number of aliphatic hydroxyl groups excluding tert-OH is 1. The number of rotatable bonds is 16. The Morgan fingerprint density at radius 1 is 0.773 bits per heavy atom. The second kappa shape index (κ2) is 16.0. The molecule has 0 bridgehead atoms. The number of hydrogen-bond donors (Lipinski definition) is 2. The third kappa shape index (κ3) is 8.90. The van der Waals surface area contributed by atoms with Gasteiger partial charge in [-0.1, -0.05) is 12.1 Å². The van der Waals surface area contributed by atoms with Crippen molar-refractivity contribution in [3.05, 3.63) is 89.5 Å². The summed E-state index contributed by atoms with van der Waals surface area (Å²) in [7, 11) is 3.12. The summed E-state index contributed by atoms with van der Waals surface area (Å²) in [6.45, 7) is 1.89. The normalized spacial score (nSPS) is 14.5. The fourth-order valence-corrected chi connectivity index (χ4v) is 5.53. The number of ether oxygens (including phenoxy) is 2. The van der Waals surface area contributed by atoms with Crippen LogP contribution >= 0.6 is 0 Å². The average molecular weight is 603 g/mol. The van der Waals surface area contributed by atoms with E-state index in [4.69, 9.17) is 9.47 Å². The number of ketones is 2. The maximum absolute atomic E-state index is 13.9. The molecule has 1 saturated heterocycles. The van der Waals surface area contributed by atoms with Crippen molar-refractivity contribution in [1.82, 2.24) is 9.80 Å². The number of aromatic hydroxyl groups is 1. The van der Waals surface area contributed by atoms with Crippen LogP contribution in [0.5, 0.6) is 17.2 Å². The number of unbranched alkanes of at least 4 members (excludes halogenated alkanes) is 1. The van der Waals surface area contributed by atoms with Crippen LogP contribution in [0, 0.1) is 0 Å². The van der Waals surface area contributed by atoms with Crippen LogP contribution in [0.1, 0.15) is 70.9 Å². The summed E-state index contributed by atoms with van der Waals surface area (Å²) >= 11 is 0. The third-order valence-corrected chi connectivity index (χ3v) is 8.15. The first-order valence-electron chi connectivity index (χ1n) is 15.1. The number of benzene rings is 3. The monoisotopic (exact) mass is 602 g/mol. The van der Waals surface area contributed by atoms with E-state index >= 15 is 0 Å². The molecule has 0 aromatic heterocycles. The molecule has 0 radical (unpaired) electrons. The van der Waals surface area contributed by atoms with Gasteiger partial charge in [0.2, 0.25) is 5.91 Å². The van der Waals surface area contributed by atoms with Crippen molar-refractivity contribution in [2.75, 3.05) is 40.4 Å². The van der Waals surface area contributed by atoms with Gasteiger partial charge in [0.25, 0.3) is 0 Å². The van der Waals surface area contributed by atoms with Gasteiger partial charge in [0.05, 0.1) is 26.8 Å². The molecule has 44 heavy (non-hydrogen) atoms. The Bertz CT molecular complexity index is 1370. The summed E-state index contributed by atoms with van der Waals surface area (Å²) in [4.78, 5) is 43.8. The third-order valence-electron chi connectivity index (χ3n) is 8.15. The zero-order valence-corrected chi connectivity index (χ0v) is 25.5. The number of aliphatic hydroxyl groups is 1. The summed E-state index contributed by atoms with van der Waals surface area (Å²) in [5, 5.41) is 21.4. The van der Waals surface area contributed by atoms with Gasteiger partial charge in [-0.15, -0.1) is 0 Å². The Balaban J connectivity index is 1.51. The van der Waals surface area contributed by atoms with Crippen molar-refractivity contribution in [1.29, 1.82) is 0 Å². The summed E-state index contributed by atoms with van der Waals surface area (Å²) in [6, 6.07) is 19.3. The van der Waals surface area contributed by atoms with E-state index in [0.717, 1.165) is 25.9 Å². The Morgan fingerprint density at radius 3 is 1.84 bits per heavy atom. The van der Waals surface area contributed by atoms with Gasteiger partial charge in [0, 0.05) is 30.5 Å². The second-order valence-corrected chi connectivity index (χ2v) is 11.1. The molecule has 9 heteroatoms. The van der Waals surface area contributed by atoms with Gasteiger partial charge in [0.1, 0.15) is 23.4 Å². The molecule has 2 atom stereocenters. The molecule has 0 unspecified atom stereocenters. The van der Waals surface area contributed by atoms with Crippen molar-refractivity contribution < 1.29 is 34.1 Å². The Morgan fingerprint density at radius 2 is 1.30 bits per heavy atom. The molecule has 2 N–H and O–H groups in total. The van der Waals surface area contributed by atoms with E-state index in [2.05, 4.69) is 4.90 Å². The highest BCUT2D eigenvalue weighted by Crippen LogP contribution is 2.27. The van der Waals surface area contributed by atoms with Gasteiger partial charge in [-0.25, -0.2) is 0 Å². The average Bonchev–Trinajstić information content (AvgIpc) is 3.58. The highest BCUT2D eigenvalue weighted by Gasteiger charge is 2.34. The van der Waals surface area contributed by atoms with Crippen LogP contribution < -0.4 is 9.47 Å². The SMILES string of the molecule is COc1ccc(C(=O)CCCCC(=O)N(CC(=O)c2ccc(OC)cc2)[C@H](CN2CCCC2)[C@H](O)c2ccc(O)cc2)cc1. The number of phenolic OH excluding ortho intramolecular Hbond substituents is 1. The molecule has 9 nitrogen and oxygen atoms in total. The number of Topliss-reactive ketones (excluding diaryl/α,β-unsaturated/α-hetero) is 2. The molecule has 1 fully saturated rings. The molecule has 4 rings (SSSR count). The number of likely N-dealkylation sites (tertiary alicyclic amines) is 1. The quantitative estimate of drug-likeness (QED) is 0.173. The van der Waals surface area contributed by atoms with E-state index in [9.17, 15) is 24.6 Å². The van der Waals surface area contributed by atoms with Crippen molar-refractivity contribution in [3.63, 3.8) is 0 Å². The van der Waals surface area contributed by atoms with Gasteiger partial charge in [-0.2, -0.15) is 0 Å². The second-order valence-electron chi connectivity index (χ2n) is 11.1. The number of hydrogen-bond acceptors (Lipinski definition) is 8. The summed E-state index contributed by atoms with van der Waals surface area (Å²) in [6.07, 6.45) is 2.36. The topological polar surface area (TPSA) is 117 Å². The van der Waals surface area contributed by atoms with Gasteiger partial charge in [0.15, 0.2) is 11.6 Å². The molecule has 3 aromatic rings. The van der Waals surface area contributed by atoms with Crippen molar-refractivity contribution in [2.45, 2.75) is 50.7 Å². The number of carbonyl (C=O) groups excluding carboxylic acids is 3. The van der Waals surface area contributed by atoms with E-state index < -0.39 is 12.1 Å². The fraction of sp³-hybridized carbons (Fsp3) is 0.400. The maximum atomic E-state index is 13.9. The number of methoxy groups -OCH3 is 2. The summed E-state index contributed by atoms with van der Waals surface area (Å²) in [5.41, 5.74) is 1.58. The van der Waals surface area contributed by atoms with Gasteiger partial charge >= 0.3 is 0 Å². The number of amides is 1. The van der Waals surface area contributed by atoms with E-state index in [1.165, 1.54) is 17.0 Å². The maximum Gasteiger partial charge on any atom is 0.223 e. The minimum Gasteiger partial charge on any atom is -0.508 e. The van der Waals surface area contributed by atoms with E-state index in [1.54, 1.807) is 74.9 Å². The lowest BCUT2D eigenvalue weighted by Gasteiger charge is -2.37. The van der Waals surface area contributed by atoms with Gasteiger partial charge < -0.3 is 29.5 Å². The van der Waals surface area contributed by atoms with Crippen LogP contribution in [-0.4, -0.2) is 83.9 Å². The molecule has 0 saturated carbocycles. The summed E-state index contributed by atoms with van der Waals surface area (Å²) < 4.78 is 10.4. The van der Waals surface area contributed by atoms with Crippen molar-refractivity contribution in [2.24, 2.45) is 0 Å². The minimum absolute atomic E-state index is 0.0127. The standard InChI is InChI=1S/C35H42N2O7/c1-43-29-17-11-25(12-18-29)32(39)7-3-4-8-34(41)37(24-33(40)26-13-19-30(44-2)20-14-26)31(23-36-21-5-6-22-36)35(42)27-9-15-28(38)16-10-27/h9-20,31,35,38,42H,3-8,21-24H2,1-2H3/t31-,35-/m1/s1. The molecule has 234 valence electrons. The van der Waals surface area contributed by atoms with Gasteiger partial charge in [-0.3, -0.25) is 14.4 Å². The zero-order valence-electron chi connectivity index (χ0n) is 25.5. The molecule has 0 aliphatic carbocycles. The first kappa shape index (κ1) is 32.7. The predicted molar refractivity (Wildman–Crippen MR) is 167 cm³/mol. The molecule has 1 aliphatic rings.